The van der Waals surface area contributed by atoms with E-state index in [0.717, 1.165) is 40.7 Å². The standard InChI is InChI=1S/C33H30N4O9S/c1-6-45-32(39)29-19(4)34-33-35(30(29)22-10-8-21(9-11-22)18(2)3)31(38)28(47-33)16-20-7-13-26(27(15-20)44-5)46-25-14-12-23(36(40)41)17-24(25)37(42)43/h7-18,30H,6H2,1-5H3/b28-16-/t30-/m0/s1. The summed E-state index contributed by atoms with van der Waals surface area (Å²) in [4.78, 5) is 53.4. The third kappa shape index (κ3) is 6.53. The summed E-state index contributed by atoms with van der Waals surface area (Å²) in [5, 5.41) is 22.7. The molecular weight excluding hydrogens is 628 g/mol. The number of rotatable bonds is 10. The molecule has 1 aromatic heterocycles. The van der Waals surface area contributed by atoms with Crippen molar-refractivity contribution >= 4 is 34.8 Å². The Morgan fingerprint density at radius 1 is 1.02 bits per heavy atom. The number of allylic oxidation sites excluding steroid dienone is 1. The quantitative estimate of drug-likeness (QED) is 0.121. The van der Waals surface area contributed by atoms with Crippen LogP contribution in [0.4, 0.5) is 11.4 Å². The van der Waals surface area contributed by atoms with Crippen LogP contribution in [0.5, 0.6) is 17.2 Å². The Kier molecular flexibility index (Phi) is 9.33. The molecule has 0 unspecified atom stereocenters. The fourth-order valence-corrected chi connectivity index (χ4v) is 6.19. The minimum Gasteiger partial charge on any atom is -0.493 e. The maximum atomic E-state index is 14.0. The molecule has 0 amide bonds. The Balaban J connectivity index is 1.57. The van der Waals surface area contributed by atoms with Crippen molar-refractivity contribution in [3.8, 4) is 17.2 Å². The lowest BCUT2D eigenvalue weighted by atomic mass is 9.93. The highest BCUT2D eigenvalue weighted by Crippen LogP contribution is 2.38. The minimum absolute atomic E-state index is 0.114. The Labute approximate surface area is 272 Å². The van der Waals surface area contributed by atoms with Gasteiger partial charge in [0.1, 0.15) is 0 Å². The van der Waals surface area contributed by atoms with E-state index in [1.54, 1.807) is 32.1 Å². The summed E-state index contributed by atoms with van der Waals surface area (Å²) >= 11 is 1.16. The number of fused-ring (bicyclic) bond motifs is 1. The number of thiazole rings is 1. The SMILES string of the molecule is CCOC(=O)C1=C(C)N=c2s/c(=C\c3ccc(Oc4ccc([N+](=O)[O-])cc4[N+](=O)[O-])c(OC)c3)c(=O)n2[C@H]1c1ccc(C(C)C)cc1. The van der Waals surface area contributed by atoms with Crippen LogP contribution in [0.15, 0.2) is 81.7 Å². The van der Waals surface area contributed by atoms with Gasteiger partial charge in [0.15, 0.2) is 16.3 Å². The molecule has 13 nitrogen and oxygen atoms in total. The van der Waals surface area contributed by atoms with Crippen LogP contribution in [0.2, 0.25) is 0 Å². The lowest BCUT2D eigenvalue weighted by molar-refractivity contribution is -0.394. The third-order valence-electron chi connectivity index (χ3n) is 7.49. The number of hydrogen-bond donors (Lipinski definition) is 0. The summed E-state index contributed by atoms with van der Waals surface area (Å²) in [5.41, 5.74) is 1.75. The molecule has 1 aliphatic heterocycles. The van der Waals surface area contributed by atoms with Gasteiger partial charge in [0.05, 0.1) is 51.5 Å². The van der Waals surface area contributed by atoms with E-state index in [9.17, 15) is 29.8 Å². The smallest absolute Gasteiger partial charge is 0.338 e. The van der Waals surface area contributed by atoms with Gasteiger partial charge in [-0.3, -0.25) is 29.6 Å². The molecule has 0 saturated heterocycles. The molecule has 2 heterocycles. The number of esters is 1. The molecule has 0 radical (unpaired) electrons. The van der Waals surface area contributed by atoms with Gasteiger partial charge >= 0.3 is 11.7 Å². The molecule has 0 spiro atoms. The van der Waals surface area contributed by atoms with Gasteiger partial charge in [-0.1, -0.05) is 55.5 Å². The first-order chi connectivity index (χ1) is 22.4. The van der Waals surface area contributed by atoms with E-state index in [0.29, 0.717) is 26.5 Å². The number of ether oxygens (including phenoxy) is 3. The molecule has 4 aromatic rings. The molecule has 242 valence electrons. The number of non-ortho nitro benzene ring substituents is 1. The van der Waals surface area contributed by atoms with Gasteiger partial charge < -0.3 is 14.2 Å². The highest BCUT2D eigenvalue weighted by atomic mass is 32.1. The van der Waals surface area contributed by atoms with Crippen LogP contribution in [0.25, 0.3) is 6.08 Å². The number of carbonyl (C=O) groups excluding carboxylic acids is 1. The van der Waals surface area contributed by atoms with Crippen molar-refractivity contribution in [3.63, 3.8) is 0 Å². The summed E-state index contributed by atoms with van der Waals surface area (Å²) in [7, 11) is 1.38. The maximum Gasteiger partial charge on any atom is 0.338 e. The summed E-state index contributed by atoms with van der Waals surface area (Å²) in [6.45, 7) is 7.77. The van der Waals surface area contributed by atoms with Crippen molar-refractivity contribution in [2.75, 3.05) is 13.7 Å². The number of carbonyl (C=O) groups is 1. The van der Waals surface area contributed by atoms with Crippen molar-refractivity contribution < 1.29 is 28.9 Å². The molecule has 5 rings (SSSR count). The second-order valence-electron chi connectivity index (χ2n) is 10.8. The van der Waals surface area contributed by atoms with Gasteiger partial charge in [-0.15, -0.1) is 0 Å². The summed E-state index contributed by atoms with van der Waals surface area (Å²) in [5.74, 6) is -0.153. The molecule has 0 aliphatic carbocycles. The fraction of sp³-hybridized carbons (Fsp3) is 0.242. The van der Waals surface area contributed by atoms with Crippen molar-refractivity contribution in [2.24, 2.45) is 4.99 Å². The van der Waals surface area contributed by atoms with Crippen LogP contribution in [-0.2, 0) is 9.53 Å². The van der Waals surface area contributed by atoms with Gasteiger partial charge in [0.2, 0.25) is 5.75 Å². The van der Waals surface area contributed by atoms with Crippen LogP contribution < -0.4 is 24.4 Å². The Hall–Kier alpha value is -5.63. The molecule has 3 aromatic carbocycles. The molecule has 1 atom stereocenters. The molecule has 0 fully saturated rings. The van der Waals surface area contributed by atoms with E-state index in [1.165, 1.54) is 17.7 Å². The van der Waals surface area contributed by atoms with E-state index in [4.69, 9.17) is 14.2 Å². The largest absolute Gasteiger partial charge is 0.493 e. The first-order valence-electron chi connectivity index (χ1n) is 14.5. The highest BCUT2D eigenvalue weighted by molar-refractivity contribution is 7.07. The first-order valence-corrected chi connectivity index (χ1v) is 15.3. The lowest BCUT2D eigenvalue weighted by Crippen LogP contribution is -2.39. The fourth-order valence-electron chi connectivity index (χ4n) is 5.15. The molecule has 0 bridgehead atoms. The Morgan fingerprint density at radius 3 is 2.34 bits per heavy atom. The topological polar surface area (TPSA) is 165 Å². The van der Waals surface area contributed by atoms with Crippen LogP contribution in [-0.4, -0.2) is 34.1 Å². The van der Waals surface area contributed by atoms with Gasteiger partial charge in [0, 0.05) is 6.07 Å². The predicted octanol–water partition coefficient (Wildman–Crippen LogP) is 5.54. The number of nitro benzene ring substituents is 2. The summed E-state index contributed by atoms with van der Waals surface area (Å²) in [6, 6.07) is 14.8. The number of nitrogens with zero attached hydrogens (tertiary/aromatic N) is 4. The van der Waals surface area contributed by atoms with Crippen LogP contribution >= 0.6 is 11.3 Å². The van der Waals surface area contributed by atoms with Gasteiger partial charge in [-0.2, -0.15) is 0 Å². The molecule has 1 aliphatic rings. The molecule has 0 saturated carbocycles. The van der Waals surface area contributed by atoms with E-state index in [2.05, 4.69) is 18.8 Å². The molecule has 0 N–H and O–H groups in total. The van der Waals surface area contributed by atoms with E-state index >= 15 is 0 Å². The number of methoxy groups -OCH3 is 1. The highest BCUT2D eigenvalue weighted by Gasteiger charge is 2.33. The van der Waals surface area contributed by atoms with Gasteiger partial charge in [0.25, 0.3) is 11.2 Å². The minimum atomic E-state index is -0.774. The normalized spacial score (nSPS) is 14.4. The predicted molar refractivity (Wildman–Crippen MR) is 174 cm³/mol. The summed E-state index contributed by atoms with van der Waals surface area (Å²) in [6.07, 6.45) is 1.65. The zero-order chi connectivity index (χ0) is 34.0. The zero-order valence-corrected chi connectivity index (χ0v) is 26.9. The van der Waals surface area contributed by atoms with E-state index < -0.39 is 33.2 Å². The van der Waals surface area contributed by atoms with Crippen LogP contribution in [0.3, 0.4) is 0 Å². The van der Waals surface area contributed by atoms with Crippen LogP contribution in [0.1, 0.15) is 56.3 Å². The Bertz CT molecular complexity index is 2110. The van der Waals surface area contributed by atoms with Crippen molar-refractivity contribution in [2.45, 2.75) is 39.7 Å². The van der Waals surface area contributed by atoms with E-state index in [-0.39, 0.29) is 35.0 Å². The number of hydrogen-bond acceptors (Lipinski definition) is 11. The zero-order valence-electron chi connectivity index (χ0n) is 26.1. The van der Waals surface area contributed by atoms with Crippen molar-refractivity contribution in [1.29, 1.82) is 0 Å². The van der Waals surface area contributed by atoms with Crippen molar-refractivity contribution in [3.05, 3.63) is 129 Å². The van der Waals surface area contributed by atoms with Gasteiger partial charge in [-0.05, 0) is 60.7 Å². The molecule has 47 heavy (non-hydrogen) atoms. The first kappa shape index (κ1) is 32.8. The third-order valence-corrected chi connectivity index (χ3v) is 8.47. The second-order valence-corrected chi connectivity index (χ2v) is 11.8. The number of aromatic nitrogens is 1. The maximum absolute atomic E-state index is 14.0. The number of benzene rings is 3. The number of nitro groups is 2. The monoisotopic (exact) mass is 658 g/mol. The second kappa shape index (κ2) is 13.4. The average Bonchev–Trinajstić information content (AvgIpc) is 3.34. The van der Waals surface area contributed by atoms with E-state index in [1.807, 2.05) is 24.3 Å². The van der Waals surface area contributed by atoms with Gasteiger partial charge in [-0.25, -0.2) is 9.79 Å². The average molecular weight is 659 g/mol. The van der Waals surface area contributed by atoms with Crippen molar-refractivity contribution in [1.82, 2.24) is 4.57 Å². The summed E-state index contributed by atoms with van der Waals surface area (Å²) < 4.78 is 18.4. The van der Waals surface area contributed by atoms with Crippen LogP contribution in [0, 0.1) is 20.2 Å². The Morgan fingerprint density at radius 2 is 1.72 bits per heavy atom. The molecule has 14 heteroatoms. The molecular formula is C33H30N4O9S. The lowest BCUT2D eigenvalue weighted by Gasteiger charge is -2.25.